The average molecular weight is 438 g/mol. The third-order valence-electron chi connectivity index (χ3n) is 6.19. The quantitative estimate of drug-likeness (QED) is 0.457. The number of benzene rings is 1. The molecular formula is C21H31N3O5S. The molecule has 1 aromatic rings. The van der Waals surface area contributed by atoms with Gasteiger partial charge in [-0.3, -0.25) is 9.59 Å². The fourth-order valence-corrected chi connectivity index (χ4v) is 5.27. The number of sulfonamides is 1. The Hall–Kier alpha value is -1.97. The minimum absolute atomic E-state index is 0.0826. The van der Waals surface area contributed by atoms with Gasteiger partial charge in [-0.05, 0) is 56.7 Å². The Bertz CT molecular complexity index is 874. The number of carbonyl (C=O) groups is 2. The number of hydrogen-bond donors (Lipinski definition) is 4. The molecule has 9 heteroatoms. The average Bonchev–Trinajstić information content (AvgIpc) is 3.51. The first kappa shape index (κ1) is 22.7. The van der Waals surface area contributed by atoms with Gasteiger partial charge in [-0.2, -0.15) is 0 Å². The lowest BCUT2D eigenvalue weighted by molar-refractivity contribution is -0.129. The lowest BCUT2D eigenvalue weighted by Gasteiger charge is -2.28. The van der Waals surface area contributed by atoms with Crippen LogP contribution in [0.15, 0.2) is 24.3 Å². The van der Waals surface area contributed by atoms with E-state index in [-0.39, 0.29) is 37.0 Å². The fraction of sp³-hybridized carbons (Fsp3) is 0.619. The summed E-state index contributed by atoms with van der Waals surface area (Å²) in [5.74, 6) is -0.835. The molecule has 2 aliphatic rings. The Morgan fingerprint density at radius 1 is 1.17 bits per heavy atom. The van der Waals surface area contributed by atoms with Crippen LogP contribution < -0.4 is 15.8 Å². The summed E-state index contributed by atoms with van der Waals surface area (Å²) in [6.07, 6.45) is 5.96. The summed E-state index contributed by atoms with van der Waals surface area (Å²) in [5, 5.41) is 20.9. The Morgan fingerprint density at radius 2 is 1.77 bits per heavy atom. The summed E-state index contributed by atoms with van der Waals surface area (Å²) in [6.45, 7) is 1.75. The van der Waals surface area contributed by atoms with Crippen LogP contribution in [0.25, 0.3) is 0 Å². The smallest absolute Gasteiger partial charge is 0.237 e. The zero-order valence-electron chi connectivity index (χ0n) is 17.3. The summed E-state index contributed by atoms with van der Waals surface area (Å²) in [6, 6.07) is 5.00. The molecule has 0 saturated heterocycles. The van der Waals surface area contributed by atoms with Crippen molar-refractivity contribution in [2.24, 2.45) is 5.14 Å². The van der Waals surface area contributed by atoms with E-state index in [0.717, 1.165) is 25.7 Å². The number of phenols is 1. The van der Waals surface area contributed by atoms with Gasteiger partial charge < -0.3 is 15.7 Å². The van der Waals surface area contributed by atoms with Crippen LogP contribution in [0, 0.1) is 0 Å². The van der Waals surface area contributed by atoms with Crippen molar-refractivity contribution in [1.29, 1.82) is 0 Å². The zero-order chi connectivity index (χ0) is 21.9. The van der Waals surface area contributed by atoms with Crippen molar-refractivity contribution in [2.75, 3.05) is 0 Å². The van der Waals surface area contributed by atoms with Crippen molar-refractivity contribution < 1.29 is 23.1 Å². The minimum Gasteiger partial charge on any atom is -0.508 e. The highest BCUT2D eigenvalue weighted by atomic mass is 32.2. The number of amides is 1. The first-order valence-electron chi connectivity index (χ1n) is 10.5. The number of nitrogens with one attached hydrogen (secondary N) is 2. The minimum atomic E-state index is -4.07. The van der Waals surface area contributed by atoms with E-state index in [1.165, 1.54) is 18.6 Å². The van der Waals surface area contributed by atoms with Gasteiger partial charge in [-0.25, -0.2) is 13.6 Å². The molecule has 5 N–H and O–H groups in total. The topological polar surface area (TPSA) is 139 Å². The molecule has 2 fully saturated rings. The highest BCUT2D eigenvalue weighted by Gasteiger charge is 2.60. The Balaban J connectivity index is 1.74. The molecule has 3 rings (SSSR count). The summed E-state index contributed by atoms with van der Waals surface area (Å²) in [5.41, 5.74) is 0.699. The molecule has 1 amide bonds. The zero-order valence-corrected chi connectivity index (χ0v) is 18.1. The maximum absolute atomic E-state index is 13.1. The van der Waals surface area contributed by atoms with Gasteiger partial charge in [-0.1, -0.05) is 31.4 Å². The number of Topliss-reactive ketones (excluding diaryl/α,β-unsaturated/α-hetero) is 1. The number of primary sulfonamides is 1. The highest BCUT2D eigenvalue weighted by Crippen LogP contribution is 2.44. The molecule has 8 nitrogen and oxygen atoms in total. The predicted molar refractivity (Wildman–Crippen MR) is 113 cm³/mol. The number of carbonyl (C=O) groups excluding carboxylic acids is 2. The van der Waals surface area contributed by atoms with Crippen molar-refractivity contribution in [3.8, 4) is 5.75 Å². The van der Waals surface area contributed by atoms with E-state index in [4.69, 9.17) is 5.14 Å². The third-order valence-corrected chi connectivity index (χ3v) is 7.89. The van der Waals surface area contributed by atoms with E-state index in [0.29, 0.717) is 5.56 Å². The second-order valence-corrected chi connectivity index (χ2v) is 10.4. The molecule has 166 valence electrons. The summed E-state index contributed by atoms with van der Waals surface area (Å²) < 4.78 is 22.5. The number of nitrogens with two attached hydrogens (primary N) is 1. The van der Waals surface area contributed by atoms with Crippen molar-refractivity contribution in [3.05, 3.63) is 29.8 Å². The van der Waals surface area contributed by atoms with Crippen molar-refractivity contribution in [1.82, 2.24) is 10.6 Å². The maximum Gasteiger partial charge on any atom is 0.237 e. The van der Waals surface area contributed by atoms with E-state index >= 15 is 0 Å². The Labute approximate surface area is 177 Å². The highest BCUT2D eigenvalue weighted by molar-refractivity contribution is 7.91. The third kappa shape index (κ3) is 5.19. The number of hydrogen-bond acceptors (Lipinski definition) is 6. The molecule has 2 aliphatic carbocycles. The summed E-state index contributed by atoms with van der Waals surface area (Å²) >= 11 is 0. The molecule has 0 unspecified atom stereocenters. The van der Waals surface area contributed by atoms with Crippen LogP contribution in [0.3, 0.4) is 0 Å². The van der Waals surface area contributed by atoms with Crippen molar-refractivity contribution in [3.63, 3.8) is 0 Å². The lowest BCUT2D eigenvalue weighted by atomic mass is 9.95. The summed E-state index contributed by atoms with van der Waals surface area (Å²) in [4.78, 5) is 26.0. The number of ketones is 1. The van der Waals surface area contributed by atoms with Crippen LogP contribution in [0.4, 0.5) is 0 Å². The van der Waals surface area contributed by atoms with Crippen LogP contribution in [-0.4, -0.2) is 48.1 Å². The SMILES string of the molecule is C[C@H](NC1CCCCC1)C(=O)N[C@@H](Cc1ccc(O)cc1)C(=O)C1(S(N)(=O)=O)CC1. The predicted octanol–water partition coefficient (Wildman–Crippen LogP) is 1.12. The van der Waals surface area contributed by atoms with Crippen LogP contribution in [0.2, 0.25) is 0 Å². The lowest BCUT2D eigenvalue weighted by Crippen LogP contribution is -2.55. The van der Waals surface area contributed by atoms with Gasteiger partial charge in [0.15, 0.2) is 5.78 Å². The Morgan fingerprint density at radius 3 is 2.30 bits per heavy atom. The van der Waals surface area contributed by atoms with E-state index in [9.17, 15) is 23.1 Å². The molecule has 0 heterocycles. The van der Waals surface area contributed by atoms with Crippen LogP contribution in [-0.2, 0) is 26.0 Å². The first-order valence-corrected chi connectivity index (χ1v) is 12.1. The van der Waals surface area contributed by atoms with E-state index in [1.54, 1.807) is 19.1 Å². The fourth-order valence-electron chi connectivity index (χ4n) is 4.17. The van der Waals surface area contributed by atoms with Gasteiger partial charge in [0, 0.05) is 6.04 Å². The van der Waals surface area contributed by atoms with Gasteiger partial charge >= 0.3 is 0 Å². The van der Waals surface area contributed by atoms with Crippen LogP contribution in [0.1, 0.15) is 57.4 Å². The van der Waals surface area contributed by atoms with Crippen molar-refractivity contribution in [2.45, 2.75) is 81.2 Å². The van der Waals surface area contributed by atoms with E-state index in [2.05, 4.69) is 10.6 Å². The van der Waals surface area contributed by atoms with E-state index in [1.807, 2.05) is 0 Å². The normalized spacial score (nSPS) is 20.9. The maximum atomic E-state index is 13.1. The van der Waals surface area contributed by atoms with E-state index < -0.39 is 32.6 Å². The molecular weight excluding hydrogens is 406 g/mol. The molecule has 2 saturated carbocycles. The molecule has 0 spiro atoms. The van der Waals surface area contributed by atoms with Crippen molar-refractivity contribution >= 4 is 21.7 Å². The molecule has 0 aromatic heterocycles. The largest absolute Gasteiger partial charge is 0.508 e. The van der Waals surface area contributed by atoms with Gasteiger partial charge in [0.1, 0.15) is 10.5 Å². The van der Waals surface area contributed by atoms with Gasteiger partial charge in [0.2, 0.25) is 15.9 Å². The van der Waals surface area contributed by atoms with Crippen LogP contribution in [0.5, 0.6) is 5.75 Å². The number of rotatable bonds is 9. The monoisotopic (exact) mass is 437 g/mol. The van der Waals surface area contributed by atoms with Gasteiger partial charge in [-0.15, -0.1) is 0 Å². The van der Waals surface area contributed by atoms with Crippen LogP contribution >= 0.6 is 0 Å². The molecule has 0 radical (unpaired) electrons. The molecule has 0 bridgehead atoms. The first-order chi connectivity index (χ1) is 14.1. The molecule has 2 atom stereocenters. The molecule has 30 heavy (non-hydrogen) atoms. The molecule has 0 aliphatic heterocycles. The second-order valence-electron chi connectivity index (χ2n) is 8.56. The summed E-state index contributed by atoms with van der Waals surface area (Å²) in [7, 11) is -4.07. The Kier molecular flexibility index (Phi) is 6.84. The van der Waals surface area contributed by atoms with Gasteiger partial charge in [0.25, 0.3) is 0 Å². The molecule has 1 aromatic carbocycles. The number of phenolic OH excluding ortho intramolecular Hbond substituents is 1. The van der Waals surface area contributed by atoms with Gasteiger partial charge in [0.05, 0.1) is 12.1 Å². The number of aromatic hydroxyl groups is 1. The second kappa shape index (κ2) is 9.03. The standard InChI is InChI=1S/C21H31N3O5S/c1-14(23-16-5-3-2-4-6-16)20(27)24-18(13-15-7-9-17(25)10-8-15)19(26)21(11-12-21)30(22,28)29/h7-10,14,16,18,23,25H,2-6,11-13H2,1H3,(H,24,27)(H2,22,28,29)/t14-,18-/m0/s1.